The zero-order valence-corrected chi connectivity index (χ0v) is 18.6. The van der Waals surface area contributed by atoms with Crippen molar-refractivity contribution < 1.29 is 19.1 Å². The number of amides is 1. The molecule has 9 heteroatoms. The summed E-state index contributed by atoms with van der Waals surface area (Å²) >= 11 is 0. The fraction of sp³-hybridized carbons (Fsp3) is 0.391. The number of fused-ring (bicyclic) bond motifs is 1. The second-order valence-corrected chi connectivity index (χ2v) is 8.74. The highest BCUT2D eigenvalue weighted by Gasteiger charge is 2.33. The maximum Gasteiger partial charge on any atom is 0.410 e. The number of hydrogen-bond acceptors (Lipinski definition) is 6. The smallest absolute Gasteiger partial charge is 0.410 e. The van der Waals surface area contributed by atoms with Crippen LogP contribution in [0.3, 0.4) is 0 Å². The largest absolute Gasteiger partial charge is 0.465 e. The lowest BCUT2D eigenvalue weighted by Crippen LogP contribution is -2.36. The monoisotopic (exact) mass is 438 g/mol. The number of nitrogens with zero attached hydrogens (tertiary/aromatic N) is 4. The average Bonchev–Trinajstić information content (AvgIpc) is 3.34. The number of rotatable bonds is 3. The van der Waals surface area contributed by atoms with Gasteiger partial charge in [0.05, 0.1) is 29.9 Å². The van der Waals surface area contributed by atoms with Gasteiger partial charge in [0.1, 0.15) is 5.60 Å². The van der Waals surface area contributed by atoms with Gasteiger partial charge in [0.15, 0.2) is 5.65 Å². The minimum absolute atomic E-state index is 0.219. The van der Waals surface area contributed by atoms with Gasteiger partial charge in [-0.3, -0.25) is 9.13 Å². The number of likely N-dealkylation sites (tertiary alicyclic amines) is 1. The van der Waals surface area contributed by atoms with E-state index in [0.717, 1.165) is 0 Å². The summed E-state index contributed by atoms with van der Waals surface area (Å²) in [5, 5.41) is 0. The first-order chi connectivity index (χ1) is 15.2. The van der Waals surface area contributed by atoms with Crippen LogP contribution in [0.1, 0.15) is 43.6 Å². The maximum atomic E-state index is 13.5. The van der Waals surface area contributed by atoms with Crippen LogP contribution in [0.4, 0.5) is 4.79 Å². The van der Waals surface area contributed by atoms with Crippen molar-refractivity contribution in [1.82, 2.24) is 19.0 Å². The summed E-state index contributed by atoms with van der Waals surface area (Å²) in [5.74, 6) is -0.443. The quantitative estimate of drug-likeness (QED) is 0.583. The molecule has 0 bridgehead atoms. The Balaban J connectivity index is 1.71. The fourth-order valence-electron chi connectivity index (χ4n) is 3.94. The van der Waals surface area contributed by atoms with Gasteiger partial charge >= 0.3 is 17.8 Å². The normalized spacial score (nSPS) is 16.4. The fourth-order valence-corrected chi connectivity index (χ4v) is 3.94. The van der Waals surface area contributed by atoms with E-state index in [9.17, 15) is 14.4 Å². The summed E-state index contributed by atoms with van der Waals surface area (Å²) in [4.78, 5) is 43.8. The Morgan fingerprint density at radius 1 is 1.12 bits per heavy atom. The molecule has 1 aliphatic rings. The van der Waals surface area contributed by atoms with Gasteiger partial charge < -0.3 is 14.4 Å². The first-order valence-electron chi connectivity index (χ1n) is 10.4. The van der Waals surface area contributed by atoms with Crippen LogP contribution in [-0.2, 0) is 9.47 Å². The minimum Gasteiger partial charge on any atom is -0.465 e. The summed E-state index contributed by atoms with van der Waals surface area (Å²) in [6.45, 7) is 6.34. The summed E-state index contributed by atoms with van der Waals surface area (Å²) < 4.78 is 13.4. The van der Waals surface area contributed by atoms with E-state index in [1.165, 1.54) is 7.11 Å². The molecule has 0 N–H and O–H groups in total. The van der Waals surface area contributed by atoms with Gasteiger partial charge in [-0.1, -0.05) is 0 Å². The molecule has 1 aliphatic heterocycles. The van der Waals surface area contributed by atoms with Crippen LogP contribution in [0, 0.1) is 0 Å². The Labute approximate surface area is 185 Å². The van der Waals surface area contributed by atoms with Crippen LogP contribution >= 0.6 is 0 Å². The van der Waals surface area contributed by atoms with Crippen molar-refractivity contribution in [3.63, 3.8) is 0 Å². The van der Waals surface area contributed by atoms with Crippen LogP contribution in [0.5, 0.6) is 0 Å². The number of benzene rings is 1. The molecule has 1 amide bonds. The zero-order chi connectivity index (χ0) is 23.0. The summed E-state index contributed by atoms with van der Waals surface area (Å²) in [5.41, 5.74) is 1.38. The third-order valence-electron chi connectivity index (χ3n) is 5.36. The molecule has 3 heterocycles. The Bertz CT molecular complexity index is 1220. The molecule has 2 aromatic heterocycles. The van der Waals surface area contributed by atoms with Gasteiger partial charge in [0.25, 0.3) is 0 Å². The number of esters is 1. The third kappa shape index (κ3) is 3.98. The molecule has 1 aromatic carbocycles. The Morgan fingerprint density at radius 2 is 1.84 bits per heavy atom. The van der Waals surface area contributed by atoms with E-state index in [1.54, 1.807) is 50.6 Å². The van der Waals surface area contributed by atoms with E-state index >= 15 is 0 Å². The number of ether oxygens (including phenoxy) is 2. The van der Waals surface area contributed by atoms with Crippen LogP contribution in [0.15, 0.2) is 47.4 Å². The Morgan fingerprint density at radius 3 is 2.50 bits per heavy atom. The van der Waals surface area contributed by atoms with Crippen LogP contribution < -0.4 is 5.69 Å². The van der Waals surface area contributed by atoms with Crippen LogP contribution in [0.2, 0.25) is 0 Å². The molecule has 1 fully saturated rings. The van der Waals surface area contributed by atoms with Gasteiger partial charge in [0.2, 0.25) is 0 Å². The second kappa shape index (κ2) is 8.14. The van der Waals surface area contributed by atoms with E-state index in [1.807, 2.05) is 26.8 Å². The van der Waals surface area contributed by atoms with E-state index in [-0.39, 0.29) is 17.8 Å². The average molecular weight is 438 g/mol. The molecular weight excluding hydrogens is 412 g/mol. The van der Waals surface area contributed by atoms with Crippen LogP contribution in [-0.4, -0.2) is 56.9 Å². The molecule has 1 saturated heterocycles. The van der Waals surface area contributed by atoms with Gasteiger partial charge in [0, 0.05) is 19.3 Å². The number of hydrogen-bond donors (Lipinski definition) is 0. The molecule has 168 valence electrons. The molecule has 0 saturated carbocycles. The lowest BCUT2D eigenvalue weighted by Gasteiger charge is -2.24. The van der Waals surface area contributed by atoms with Crippen molar-refractivity contribution >= 4 is 23.2 Å². The van der Waals surface area contributed by atoms with Gasteiger partial charge in [-0.15, -0.1) is 0 Å². The van der Waals surface area contributed by atoms with Crippen molar-refractivity contribution in [3.8, 4) is 5.69 Å². The third-order valence-corrected chi connectivity index (χ3v) is 5.36. The number of carbonyl (C=O) groups is 2. The maximum absolute atomic E-state index is 13.5. The van der Waals surface area contributed by atoms with Crippen molar-refractivity contribution in [2.75, 3.05) is 20.2 Å². The summed E-state index contributed by atoms with van der Waals surface area (Å²) in [6.07, 6.45) is 1.88. The standard InChI is InChI=1S/C23H26N4O5/c1-23(2,3)32-22(30)25-13-11-17(14-25)27-19-18(6-5-12-24-19)26(21(27)29)16-9-7-15(8-10-16)20(28)31-4/h5-10,12,17H,11,13-14H2,1-4H3. The molecule has 0 aliphatic carbocycles. The van der Waals surface area contributed by atoms with Crippen molar-refractivity contribution in [2.45, 2.75) is 38.8 Å². The minimum atomic E-state index is -0.583. The first-order valence-corrected chi connectivity index (χ1v) is 10.4. The lowest BCUT2D eigenvalue weighted by atomic mass is 10.2. The number of carbonyl (C=O) groups excluding carboxylic acids is 2. The molecule has 32 heavy (non-hydrogen) atoms. The van der Waals surface area contributed by atoms with Gasteiger partial charge in [-0.05, 0) is 63.6 Å². The van der Waals surface area contributed by atoms with Crippen LogP contribution in [0.25, 0.3) is 16.9 Å². The predicted octanol–water partition coefficient (Wildman–Crippen LogP) is 3.16. The number of aromatic nitrogens is 3. The molecular formula is C23H26N4O5. The molecule has 0 spiro atoms. The Kier molecular flexibility index (Phi) is 5.50. The topological polar surface area (TPSA) is 95.7 Å². The predicted molar refractivity (Wildman–Crippen MR) is 118 cm³/mol. The van der Waals surface area contributed by atoms with E-state index in [4.69, 9.17) is 9.47 Å². The molecule has 3 aromatic rings. The molecule has 0 radical (unpaired) electrons. The van der Waals surface area contributed by atoms with E-state index < -0.39 is 11.6 Å². The first kappa shape index (κ1) is 21.6. The van der Waals surface area contributed by atoms with E-state index in [0.29, 0.717) is 41.9 Å². The van der Waals surface area contributed by atoms with E-state index in [2.05, 4.69) is 4.98 Å². The SMILES string of the molecule is COC(=O)c1ccc(-n2c(=O)n(C3CCN(C(=O)OC(C)(C)C)C3)c3ncccc32)cc1. The molecule has 1 atom stereocenters. The summed E-state index contributed by atoms with van der Waals surface area (Å²) in [6, 6.07) is 10.0. The second-order valence-electron chi connectivity index (χ2n) is 8.74. The molecule has 4 rings (SSSR count). The highest BCUT2D eigenvalue weighted by molar-refractivity contribution is 5.89. The van der Waals surface area contributed by atoms with Crippen molar-refractivity contribution in [3.05, 3.63) is 58.6 Å². The van der Waals surface area contributed by atoms with Crippen molar-refractivity contribution in [1.29, 1.82) is 0 Å². The number of methoxy groups -OCH3 is 1. The van der Waals surface area contributed by atoms with Crippen molar-refractivity contribution in [2.24, 2.45) is 0 Å². The lowest BCUT2D eigenvalue weighted by molar-refractivity contribution is 0.0288. The van der Waals surface area contributed by atoms with Gasteiger partial charge in [-0.25, -0.2) is 19.4 Å². The molecule has 1 unspecified atom stereocenters. The summed E-state index contributed by atoms with van der Waals surface area (Å²) in [7, 11) is 1.32. The highest BCUT2D eigenvalue weighted by atomic mass is 16.6. The van der Waals surface area contributed by atoms with Gasteiger partial charge in [-0.2, -0.15) is 0 Å². The number of pyridine rings is 1. The highest BCUT2D eigenvalue weighted by Crippen LogP contribution is 2.26. The Hall–Kier alpha value is -3.62. The zero-order valence-electron chi connectivity index (χ0n) is 18.6. The number of imidazole rings is 1. The molecule has 9 nitrogen and oxygen atoms in total.